The molecule has 0 aromatic heterocycles. The molecule has 1 atom stereocenters. The number of aliphatic hydroxyl groups is 1. The summed E-state index contributed by atoms with van der Waals surface area (Å²) in [6.07, 6.45) is 4.91. The lowest BCUT2D eigenvalue weighted by atomic mass is 10.1. The van der Waals surface area contributed by atoms with E-state index in [4.69, 9.17) is 0 Å². The summed E-state index contributed by atoms with van der Waals surface area (Å²) in [4.78, 5) is 13.5. The second-order valence-corrected chi connectivity index (χ2v) is 4.67. The molecule has 0 saturated heterocycles. The predicted octanol–water partition coefficient (Wildman–Crippen LogP) is 2.45. The van der Waals surface area contributed by atoms with Crippen molar-refractivity contribution in [1.29, 1.82) is 0 Å². The molecule has 21 heavy (non-hydrogen) atoms. The number of allylic oxidation sites excluding steroid dienone is 3. The molecular weight excluding hydrogens is 268 g/mol. The minimum Gasteiger partial charge on any atom is -0.510 e. The van der Waals surface area contributed by atoms with Crippen molar-refractivity contribution in [2.45, 2.75) is 13.0 Å². The predicted molar refractivity (Wildman–Crippen MR) is 83.1 cm³/mol. The standard InChI is InChI=1S/C15H18N4O2/c1-11-8-9-14(20)13(19(11)2)10-16-18-15(21)17-12-6-4-3-5-7-12/h3-10,13,20H,1-2H3,(H2,17,18,21). The molecule has 110 valence electrons. The van der Waals surface area contributed by atoms with Gasteiger partial charge in [0.05, 0.1) is 6.21 Å². The lowest BCUT2D eigenvalue weighted by Crippen LogP contribution is -2.36. The van der Waals surface area contributed by atoms with Crippen molar-refractivity contribution in [3.05, 3.63) is 53.9 Å². The van der Waals surface area contributed by atoms with Crippen LogP contribution in [0.3, 0.4) is 0 Å². The van der Waals surface area contributed by atoms with Crippen LogP contribution in [0.4, 0.5) is 10.5 Å². The lowest BCUT2D eigenvalue weighted by molar-refractivity contribution is 0.252. The Morgan fingerprint density at radius 3 is 2.76 bits per heavy atom. The van der Waals surface area contributed by atoms with Gasteiger partial charge in [0.2, 0.25) is 0 Å². The number of carbonyl (C=O) groups is 1. The Morgan fingerprint density at radius 1 is 1.33 bits per heavy atom. The Kier molecular flexibility index (Phi) is 4.61. The Hall–Kier alpha value is -2.76. The van der Waals surface area contributed by atoms with Crippen molar-refractivity contribution in [3.8, 4) is 0 Å². The van der Waals surface area contributed by atoms with Crippen LogP contribution >= 0.6 is 0 Å². The van der Waals surface area contributed by atoms with E-state index in [2.05, 4.69) is 15.8 Å². The van der Waals surface area contributed by atoms with Crippen LogP contribution in [0.1, 0.15) is 6.92 Å². The number of nitrogens with zero attached hydrogens (tertiary/aromatic N) is 2. The fraction of sp³-hybridized carbons (Fsp3) is 0.200. The highest BCUT2D eigenvalue weighted by atomic mass is 16.3. The van der Waals surface area contributed by atoms with Gasteiger partial charge in [0.15, 0.2) is 0 Å². The van der Waals surface area contributed by atoms with Crippen molar-refractivity contribution in [2.24, 2.45) is 5.10 Å². The van der Waals surface area contributed by atoms with E-state index in [-0.39, 0.29) is 11.8 Å². The highest BCUT2D eigenvalue weighted by Gasteiger charge is 2.20. The highest BCUT2D eigenvalue weighted by molar-refractivity contribution is 5.89. The number of urea groups is 1. The third kappa shape index (κ3) is 3.85. The molecular formula is C15H18N4O2. The number of hydrogen-bond acceptors (Lipinski definition) is 4. The number of hydrazone groups is 1. The normalized spacial score (nSPS) is 18.2. The number of carbonyl (C=O) groups excluding carboxylic acids is 1. The van der Waals surface area contributed by atoms with E-state index in [1.807, 2.05) is 43.1 Å². The molecule has 0 aliphatic carbocycles. The number of nitrogens with one attached hydrogen (secondary N) is 2. The Balaban J connectivity index is 1.89. The van der Waals surface area contributed by atoms with Crippen molar-refractivity contribution in [3.63, 3.8) is 0 Å². The number of aliphatic hydroxyl groups excluding tert-OH is 1. The van der Waals surface area contributed by atoms with Gasteiger partial charge in [0.25, 0.3) is 0 Å². The van der Waals surface area contributed by atoms with Crippen LogP contribution in [0, 0.1) is 0 Å². The van der Waals surface area contributed by atoms with Crippen molar-refractivity contribution < 1.29 is 9.90 Å². The molecule has 2 amide bonds. The first-order chi connectivity index (χ1) is 10.1. The monoisotopic (exact) mass is 286 g/mol. The van der Waals surface area contributed by atoms with Crippen LogP contribution in [-0.2, 0) is 0 Å². The molecule has 1 unspecified atom stereocenters. The fourth-order valence-corrected chi connectivity index (χ4v) is 1.86. The third-order valence-electron chi connectivity index (χ3n) is 3.19. The molecule has 0 saturated carbocycles. The second-order valence-electron chi connectivity index (χ2n) is 4.67. The van der Waals surface area contributed by atoms with Gasteiger partial charge in [-0.1, -0.05) is 18.2 Å². The van der Waals surface area contributed by atoms with E-state index in [1.54, 1.807) is 18.2 Å². The summed E-state index contributed by atoms with van der Waals surface area (Å²) < 4.78 is 0. The molecule has 1 aliphatic heterocycles. The number of amides is 2. The van der Waals surface area contributed by atoms with Crippen molar-refractivity contribution in [2.75, 3.05) is 12.4 Å². The van der Waals surface area contributed by atoms with Gasteiger partial charge in [0, 0.05) is 18.4 Å². The summed E-state index contributed by atoms with van der Waals surface area (Å²) in [7, 11) is 1.84. The Bertz CT molecular complexity index is 593. The van der Waals surface area contributed by atoms with Crippen LogP contribution in [0.2, 0.25) is 0 Å². The van der Waals surface area contributed by atoms with E-state index < -0.39 is 6.03 Å². The summed E-state index contributed by atoms with van der Waals surface area (Å²) in [5.74, 6) is 0.178. The first-order valence-electron chi connectivity index (χ1n) is 6.53. The summed E-state index contributed by atoms with van der Waals surface area (Å²) >= 11 is 0. The smallest absolute Gasteiger partial charge is 0.339 e. The van der Waals surface area contributed by atoms with Crippen LogP contribution in [-0.4, -0.2) is 35.3 Å². The Labute approximate surface area is 123 Å². The number of anilines is 1. The minimum atomic E-state index is -0.438. The van der Waals surface area contributed by atoms with Gasteiger partial charge in [-0.2, -0.15) is 5.10 Å². The molecule has 0 radical (unpaired) electrons. The molecule has 1 aliphatic rings. The summed E-state index contributed by atoms with van der Waals surface area (Å²) in [6, 6.07) is 8.26. The number of para-hydroxylation sites is 1. The summed E-state index contributed by atoms with van der Waals surface area (Å²) in [6.45, 7) is 1.93. The maximum atomic E-state index is 11.6. The van der Waals surface area contributed by atoms with E-state index in [9.17, 15) is 9.90 Å². The van der Waals surface area contributed by atoms with Crippen molar-refractivity contribution >= 4 is 17.9 Å². The van der Waals surface area contributed by atoms with Gasteiger partial charge in [-0.3, -0.25) is 0 Å². The SMILES string of the molecule is CC1=CC=C(O)C(C=NNC(=O)Nc2ccccc2)N1C. The Morgan fingerprint density at radius 2 is 2.05 bits per heavy atom. The van der Waals surface area contributed by atoms with Gasteiger partial charge in [-0.25, -0.2) is 10.2 Å². The molecule has 6 nitrogen and oxygen atoms in total. The topological polar surface area (TPSA) is 77.0 Å². The number of hydrogen-bond donors (Lipinski definition) is 3. The molecule has 1 aromatic rings. The molecule has 3 N–H and O–H groups in total. The summed E-state index contributed by atoms with van der Waals surface area (Å²) in [5.41, 5.74) is 4.05. The van der Waals surface area contributed by atoms with Gasteiger partial charge < -0.3 is 15.3 Å². The highest BCUT2D eigenvalue weighted by Crippen LogP contribution is 2.16. The van der Waals surface area contributed by atoms with Gasteiger partial charge in [-0.05, 0) is 31.2 Å². The molecule has 6 heteroatoms. The zero-order chi connectivity index (χ0) is 15.2. The van der Waals surface area contributed by atoms with Crippen LogP contribution in [0.15, 0.2) is 59.0 Å². The van der Waals surface area contributed by atoms with Gasteiger partial charge >= 0.3 is 6.03 Å². The molecule has 0 fully saturated rings. The zero-order valence-electron chi connectivity index (χ0n) is 11.9. The average Bonchev–Trinajstić information content (AvgIpc) is 2.48. The number of rotatable bonds is 3. The fourth-order valence-electron chi connectivity index (χ4n) is 1.86. The largest absolute Gasteiger partial charge is 0.510 e. The molecule has 0 bridgehead atoms. The third-order valence-corrected chi connectivity index (χ3v) is 3.19. The first-order valence-corrected chi connectivity index (χ1v) is 6.53. The van der Waals surface area contributed by atoms with E-state index >= 15 is 0 Å². The molecule has 1 aromatic carbocycles. The quantitative estimate of drug-likeness (QED) is 0.590. The summed E-state index contributed by atoms with van der Waals surface area (Å²) in [5, 5.41) is 16.3. The first kappa shape index (κ1) is 14.6. The second kappa shape index (κ2) is 6.60. The van der Waals surface area contributed by atoms with E-state index in [0.29, 0.717) is 5.69 Å². The lowest BCUT2D eigenvalue weighted by Gasteiger charge is -2.29. The van der Waals surface area contributed by atoms with Crippen LogP contribution in [0.5, 0.6) is 0 Å². The average molecular weight is 286 g/mol. The molecule has 1 heterocycles. The van der Waals surface area contributed by atoms with Gasteiger partial charge in [-0.15, -0.1) is 0 Å². The molecule has 0 spiro atoms. The van der Waals surface area contributed by atoms with Crippen LogP contribution in [0.25, 0.3) is 0 Å². The zero-order valence-corrected chi connectivity index (χ0v) is 11.9. The molecule has 2 rings (SSSR count). The van der Waals surface area contributed by atoms with E-state index in [0.717, 1.165) is 5.70 Å². The van der Waals surface area contributed by atoms with E-state index in [1.165, 1.54) is 6.21 Å². The maximum absolute atomic E-state index is 11.6. The van der Waals surface area contributed by atoms with Crippen molar-refractivity contribution in [1.82, 2.24) is 10.3 Å². The maximum Gasteiger partial charge on any atom is 0.339 e. The van der Waals surface area contributed by atoms with Gasteiger partial charge in [0.1, 0.15) is 11.8 Å². The number of benzene rings is 1. The minimum absolute atomic E-state index is 0.178. The number of likely N-dealkylation sites (N-methyl/N-ethyl adjacent to an activating group) is 1. The van der Waals surface area contributed by atoms with Crippen LogP contribution < -0.4 is 10.7 Å².